The zero-order valence-electron chi connectivity index (χ0n) is 12.5. The number of aryl methyl sites for hydroxylation is 2. The highest BCUT2D eigenvalue weighted by atomic mass is 15.2. The van der Waals surface area contributed by atoms with Gasteiger partial charge in [-0.05, 0) is 80.1 Å². The van der Waals surface area contributed by atoms with Crippen molar-refractivity contribution in [1.29, 1.82) is 0 Å². The van der Waals surface area contributed by atoms with Crippen LogP contribution in [-0.4, -0.2) is 15.8 Å². The summed E-state index contributed by atoms with van der Waals surface area (Å²) in [5.74, 6) is 4.84. The Hall–Kier alpha value is -0.830. The maximum Gasteiger partial charge on any atom is 0.0521 e. The van der Waals surface area contributed by atoms with E-state index in [0.29, 0.717) is 6.04 Å². The highest BCUT2D eigenvalue weighted by molar-refractivity contribution is 5.06. The lowest BCUT2D eigenvalue weighted by Gasteiger charge is -2.56. The average Bonchev–Trinajstić information content (AvgIpc) is 2.81. The summed E-state index contributed by atoms with van der Waals surface area (Å²) in [5, 5.41) is 4.26. The molecule has 1 unspecified atom stereocenters. The van der Waals surface area contributed by atoms with Crippen molar-refractivity contribution in [3.63, 3.8) is 0 Å². The molecule has 3 nitrogen and oxygen atoms in total. The van der Waals surface area contributed by atoms with E-state index in [2.05, 4.69) is 11.3 Å². The summed E-state index contributed by atoms with van der Waals surface area (Å²) in [6, 6.07) is 0.408. The molecule has 0 amide bonds. The van der Waals surface area contributed by atoms with Gasteiger partial charge in [0.1, 0.15) is 0 Å². The first kappa shape index (κ1) is 12.9. The van der Waals surface area contributed by atoms with Crippen LogP contribution in [0, 0.1) is 29.6 Å². The van der Waals surface area contributed by atoms with Crippen LogP contribution in [-0.2, 0) is 13.5 Å². The van der Waals surface area contributed by atoms with Crippen LogP contribution in [0.2, 0.25) is 0 Å². The Morgan fingerprint density at radius 3 is 2.40 bits per heavy atom. The van der Waals surface area contributed by atoms with Crippen molar-refractivity contribution in [2.45, 2.75) is 51.0 Å². The average molecular weight is 273 g/mol. The Labute approximate surface area is 121 Å². The Bertz CT molecular complexity index is 450. The van der Waals surface area contributed by atoms with Gasteiger partial charge in [0.05, 0.1) is 6.20 Å². The highest BCUT2D eigenvalue weighted by Crippen LogP contribution is 2.57. The number of rotatable bonds is 4. The van der Waals surface area contributed by atoms with E-state index in [1.54, 1.807) is 0 Å². The first-order valence-corrected chi connectivity index (χ1v) is 8.42. The second-order valence-corrected chi connectivity index (χ2v) is 7.73. The number of hydrogen-bond donors (Lipinski definition) is 1. The van der Waals surface area contributed by atoms with E-state index in [9.17, 15) is 0 Å². The maximum atomic E-state index is 6.63. The van der Waals surface area contributed by atoms with Crippen molar-refractivity contribution in [1.82, 2.24) is 9.78 Å². The number of nitrogens with zero attached hydrogens (tertiary/aromatic N) is 2. The number of aromatic nitrogens is 2. The SMILES string of the molecule is Cn1cc(CCC(N)C2C3CC4CC(C3)CC2C4)cn1. The lowest BCUT2D eigenvalue weighted by molar-refractivity contribution is -0.0474. The number of nitrogens with two attached hydrogens (primary N) is 1. The molecule has 0 spiro atoms. The van der Waals surface area contributed by atoms with Crippen LogP contribution in [0.25, 0.3) is 0 Å². The minimum Gasteiger partial charge on any atom is -0.327 e. The molecular weight excluding hydrogens is 246 g/mol. The minimum absolute atomic E-state index is 0.408. The van der Waals surface area contributed by atoms with Gasteiger partial charge in [0.25, 0.3) is 0 Å². The van der Waals surface area contributed by atoms with Crippen molar-refractivity contribution < 1.29 is 0 Å². The first-order chi connectivity index (χ1) is 9.69. The van der Waals surface area contributed by atoms with Crippen LogP contribution in [0.15, 0.2) is 12.4 Å². The molecule has 0 aromatic carbocycles. The molecule has 1 aromatic rings. The predicted octanol–water partition coefficient (Wildman–Crippen LogP) is 2.75. The predicted molar refractivity (Wildman–Crippen MR) is 80.0 cm³/mol. The summed E-state index contributed by atoms with van der Waals surface area (Å²) in [6.07, 6.45) is 13.8. The summed E-state index contributed by atoms with van der Waals surface area (Å²) < 4.78 is 1.89. The second kappa shape index (κ2) is 4.87. The zero-order chi connectivity index (χ0) is 13.7. The van der Waals surface area contributed by atoms with E-state index in [0.717, 1.165) is 42.4 Å². The molecule has 0 aliphatic heterocycles. The fourth-order valence-electron chi connectivity index (χ4n) is 5.79. The van der Waals surface area contributed by atoms with Gasteiger partial charge in [-0.15, -0.1) is 0 Å². The third kappa shape index (κ3) is 2.20. The fourth-order valence-corrected chi connectivity index (χ4v) is 5.79. The lowest BCUT2D eigenvalue weighted by Crippen LogP contribution is -2.51. The molecule has 5 rings (SSSR count). The van der Waals surface area contributed by atoms with E-state index in [1.807, 2.05) is 17.9 Å². The van der Waals surface area contributed by atoms with Gasteiger partial charge in [0.2, 0.25) is 0 Å². The van der Waals surface area contributed by atoms with Gasteiger partial charge >= 0.3 is 0 Å². The van der Waals surface area contributed by atoms with Gasteiger partial charge in [-0.25, -0.2) is 0 Å². The molecule has 20 heavy (non-hydrogen) atoms. The molecule has 1 aromatic heterocycles. The Morgan fingerprint density at radius 2 is 1.85 bits per heavy atom. The van der Waals surface area contributed by atoms with E-state index in [1.165, 1.54) is 37.7 Å². The van der Waals surface area contributed by atoms with Crippen molar-refractivity contribution in [2.75, 3.05) is 0 Å². The molecule has 1 heterocycles. The van der Waals surface area contributed by atoms with E-state index in [-0.39, 0.29) is 0 Å². The molecule has 0 radical (unpaired) electrons. The fraction of sp³-hybridized carbons (Fsp3) is 0.824. The molecule has 4 bridgehead atoms. The van der Waals surface area contributed by atoms with Crippen molar-refractivity contribution in [3.8, 4) is 0 Å². The van der Waals surface area contributed by atoms with Gasteiger partial charge in [0.15, 0.2) is 0 Å². The molecular formula is C17H27N3. The largest absolute Gasteiger partial charge is 0.327 e. The molecule has 4 fully saturated rings. The minimum atomic E-state index is 0.408. The van der Waals surface area contributed by atoms with Crippen LogP contribution >= 0.6 is 0 Å². The monoisotopic (exact) mass is 273 g/mol. The summed E-state index contributed by atoms with van der Waals surface area (Å²) in [5.41, 5.74) is 7.97. The van der Waals surface area contributed by atoms with Gasteiger partial charge in [-0.1, -0.05) is 0 Å². The quantitative estimate of drug-likeness (QED) is 0.916. The summed E-state index contributed by atoms with van der Waals surface area (Å²) in [4.78, 5) is 0. The third-order valence-electron chi connectivity index (χ3n) is 6.32. The number of hydrogen-bond acceptors (Lipinski definition) is 2. The van der Waals surface area contributed by atoms with Crippen LogP contribution in [0.1, 0.15) is 44.1 Å². The third-order valence-corrected chi connectivity index (χ3v) is 6.32. The molecule has 1 atom stereocenters. The Kier molecular flexibility index (Phi) is 3.13. The van der Waals surface area contributed by atoms with Crippen molar-refractivity contribution in [3.05, 3.63) is 18.0 Å². The normalized spacial score (nSPS) is 40.2. The molecule has 2 N–H and O–H groups in total. The smallest absolute Gasteiger partial charge is 0.0521 e. The van der Waals surface area contributed by atoms with Crippen molar-refractivity contribution >= 4 is 0 Å². The first-order valence-electron chi connectivity index (χ1n) is 8.42. The topological polar surface area (TPSA) is 43.8 Å². The lowest BCUT2D eigenvalue weighted by atomic mass is 9.50. The highest BCUT2D eigenvalue weighted by Gasteiger charge is 2.49. The van der Waals surface area contributed by atoms with Gasteiger partial charge in [-0.3, -0.25) is 4.68 Å². The standard InChI is InChI=1S/C17H27N3/c1-20-10-11(9-19-20)2-3-16(18)17-14-5-12-4-13(7-14)8-15(17)6-12/h9-10,12-17H,2-8,18H2,1H3. The van der Waals surface area contributed by atoms with E-state index >= 15 is 0 Å². The maximum absolute atomic E-state index is 6.63. The molecule has 110 valence electrons. The molecule has 4 aliphatic rings. The van der Waals surface area contributed by atoms with Crippen LogP contribution in [0.4, 0.5) is 0 Å². The molecule has 3 heteroatoms. The zero-order valence-corrected chi connectivity index (χ0v) is 12.5. The second-order valence-electron chi connectivity index (χ2n) is 7.73. The van der Waals surface area contributed by atoms with E-state index < -0.39 is 0 Å². The Balaban J connectivity index is 1.40. The van der Waals surface area contributed by atoms with Crippen molar-refractivity contribution in [2.24, 2.45) is 42.4 Å². The van der Waals surface area contributed by atoms with Crippen LogP contribution in [0.5, 0.6) is 0 Å². The summed E-state index contributed by atoms with van der Waals surface area (Å²) in [7, 11) is 1.99. The molecule has 4 aliphatic carbocycles. The molecule has 0 saturated heterocycles. The van der Waals surface area contributed by atoms with Gasteiger partial charge in [-0.2, -0.15) is 5.10 Å². The van der Waals surface area contributed by atoms with Gasteiger partial charge in [0, 0.05) is 19.3 Å². The van der Waals surface area contributed by atoms with Crippen LogP contribution in [0.3, 0.4) is 0 Å². The summed E-state index contributed by atoms with van der Waals surface area (Å²) >= 11 is 0. The van der Waals surface area contributed by atoms with Gasteiger partial charge < -0.3 is 5.73 Å². The van der Waals surface area contributed by atoms with Crippen LogP contribution < -0.4 is 5.73 Å². The molecule has 4 saturated carbocycles. The summed E-state index contributed by atoms with van der Waals surface area (Å²) in [6.45, 7) is 0. The Morgan fingerprint density at radius 1 is 1.20 bits per heavy atom. The van der Waals surface area contributed by atoms with E-state index in [4.69, 9.17) is 5.73 Å².